The van der Waals surface area contributed by atoms with Crippen molar-refractivity contribution in [2.24, 2.45) is 0 Å². The minimum atomic E-state index is -0.270. The van der Waals surface area contributed by atoms with Crippen LogP contribution in [0.4, 0.5) is 5.69 Å². The minimum absolute atomic E-state index is 0.0601. The summed E-state index contributed by atoms with van der Waals surface area (Å²) >= 11 is 5.96. The Morgan fingerprint density at radius 2 is 1.93 bits per heavy atom. The number of rotatable bonds is 8. The molecule has 0 saturated carbocycles. The molecular formula is C22H25ClN2O3. The number of benzene rings is 2. The fourth-order valence-corrected chi connectivity index (χ4v) is 2.80. The van der Waals surface area contributed by atoms with E-state index in [0.29, 0.717) is 18.2 Å². The van der Waals surface area contributed by atoms with Crippen molar-refractivity contribution >= 4 is 35.2 Å². The summed E-state index contributed by atoms with van der Waals surface area (Å²) in [5.74, 6) is -0.526. The van der Waals surface area contributed by atoms with Crippen molar-refractivity contribution in [2.45, 2.75) is 13.8 Å². The van der Waals surface area contributed by atoms with E-state index in [4.69, 9.17) is 16.3 Å². The van der Waals surface area contributed by atoms with Gasteiger partial charge >= 0.3 is 0 Å². The molecule has 0 saturated heterocycles. The zero-order valence-corrected chi connectivity index (χ0v) is 17.1. The van der Waals surface area contributed by atoms with E-state index in [1.165, 1.54) is 11.0 Å². The smallest absolute Gasteiger partial charge is 0.247 e. The number of halogens is 1. The average Bonchev–Trinajstić information content (AvgIpc) is 2.67. The maximum atomic E-state index is 12.6. The number of methoxy groups -OCH3 is 1. The summed E-state index contributed by atoms with van der Waals surface area (Å²) in [5, 5.41) is 3.47. The van der Waals surface area contributed by atoms with Gasteiger partial charge < -0.3 is 15.0 Å². The third-order valence-corrected chi connectivity index (χ3v) is 4.59. The van der Waals surface area contributed by atoms with Crippen LogP contribution in [0.15, 0.2) is 48.5 Å². The summed E-state index contributed by atoms with van der Waals surface area (Å²) < 4.78 is 5.07. The standard InChI is InChI=1S/C22H25ClN2O3/c1-16-6-4-9-20(17(16)2)24-21(26)15-25(12-13-28-3)22(27)11-10-18-7-5-8-19(23)14-18/h4-11,14H,12-13,15H2,1-3H3,(H,24,26)/b11-10+. The Morgan fingerprint density at radius 1 is 1.18 bits per heavy atom. The second-order valence-corrected chi connectivity index (χ2v) is 6.87. The number of amides is 2. The first-order chi connectivity index (χ1) is 13.4. The Morgan fingerprint density at radius 3 is 2.64 bits per heavy atom. The summed E-state index contributed by atoms with van der Waals surface area (Å²) in [5.41, 5.74) is 3.66. The van der Waals surface area contributed by atoms with Crippen LogP contribution in [-0.2, 0) is 14.3 Å². The molecule has 0 bridgehead atoms. The Bertz CT molecular complexity index is 865. The van der Waals surface area contributed by atoms with Crippen molar-refractivity contribution < 1.29 is 14.3 Å². The van der Waals surface area contributed by atoms with Crippen molar-refractivity contribution in [3.63, 3.8) is 0 Å². The molecule has 0 aliphatic heterocycles. The third-order valence-electron chi connectivity index (χ3n) is 4.36. The van der Waals surface area contributed by atoms with Crippen molar-refractivity contribution in [3.8, 4) is 0 Å². The molecule has 5 nitrogen and oxygen atoms in total. The van der Waals surface area contributed by atoms with Crippen LogP contribution in [-0.4, -0.2) is 43.5 Å². The Labute approximate surface area is 170 Å². The van der Waals surface area contributed by atoms with Gasteiger partial charge in [-0.15, -0.1) is 0 Å². The van der Waals surface area contributed by atoms with E-state index < -0.39 is 0 Å². The van der Waals surface area contributed by atoms with Gasteiger partial charge in [-0.1, -0.05) is 35.9 Å². The number of nitrogens with one attached hydrogen (secondary N) is 1. The van der Waals surface area contributed by atoms with E-state index in [1.807, 2.05) is 44.2 Å². The molecule has 2 rings (SSSR count). The zero-order chi connectivity index (χ0) is 20.5. The lowest BCUT2D eigenvalue weighted by atomic mass is 10.1. The third kappa shape index (κ3) is 6.51. The van der Waals surface area contributed by atoms with Crippen LogP contribution in [0.5, 0.6) is 0 Å². The lowest BCUT2D eigenvalue weighted by Gasteiger charge is -2.21. The van der Waals surface area contributed by atoms with Gasteiger partial charge in [0, 0.05) is 30.4 Å². The summed E-state index contributed by atoms with van der Waals surface area (Å²) in [6.07, 6.45) is 3.11. The van der Waals surface area contributed by atoms with Crippen LogP contribution in [0, 0.1) is 13.8 Å². The van der Waals surface area contributed by atoms with Crippen molar-refractivity contribution in [1.82, 2.24) is 4.90 Å². The summed E-state index contributed by atoms with van der Waals surface area (Å²) in [6, 6.07) is 12.9. The molecule has 0 aliphatic rings. The number of carbonyl (C=O) groups excluding carboxylic acids is 2. The molecule has 0 atom stereocenters. The molecule has 2 amide bonds. The van der Waals surface area contributed by atoms with E-state index in [2.05, 4.69) is 5.32 Å². The molecule has 148 valence electrons. The maximum absolute atomic E-state index is 12.6. The fourth-order valence-electron chi connectivity index (χ4n) is 2.60. The lowest BCUT2D eigenvalue weighted by molar-refractivity contribution is -0.131. The minimum Gasteiger partial charge on any atom is -0.383 e. The van der Waals surface area contributed by atoms with Gasteiger partial charge in [0.05, 0.1) is 6.61 Å². The van der Waals surface area contributed by atoms with Crippen LogP contribution in [0.2, 0.25) is 5.02 Å². The molecule has 0 aromatic heterocycles. The molecule has 0 heterocycles. The predicted molar refractivity (Wildman–Crippen MR) is 113 cm³/mol. The van der Waals surface area contributed by atoms with Crippen molar-refractivity contribution in [2.75, 3.05) is 32.1 Å². The molecule has 28 heavy (non-hydrogen) atoms. The number of aryl methyl sites for hydroxylation is 1. The van der Waals surface area contributed by atoms with Crippen LogP contribution in [0.25, 0.3) is 6.08 Å². The van der Waals surface area contributed by atoms with Gasteiger partial charge in [0.15, 0.2) is 0 Å². The highest BCUT2D eigenvalue weighted by atomic mass is 35.5. The van der Waals surface area contributed by atoms with Crippen LogP contribution >= 0.6 is 11.6 Å². The first-order valence-corrected chi connectivity index (χ1v) is 9.36. The lowest BCUT2D eigenvalue weighted by Crippen LogP contribution is -2.39. The average molecular weight is 401 g/mol. The second kappa shape index (κ2) is 10.6. The number of hydrogen-bond acceptors (Lipinski definition) is 3. The highest BCUT2D eigenvalue weighted by molar-refractivity contribution is 6.30. The molecule has 0 aliphatic carbocycles. The van der Waals surface area contributed by atoms with E-state index in [0.717, 1.165) is 22.4 Å². The summed E-state index contributed by atoms with van der Waals surface area (Å²) in [7, 11) is 1.56. The summed E-state index contributed by atoms with van der Waals surface area (Å²) in [6.45, 7) is 4.53. The molecule has 0 radical (unpaired) electrons. The highest BCUT2D eigenvalue weighted by Crippen LogP contribution is 2.18. The molecule has 0 fully saturated rings. The number of ether oxygens (including phenoxy) is 1. The molecule has 0 spiro atoms. The number of carbonyl (C=O) groups is 2. The number of hydrogen-bond donors (Lipinski definition) is 1. The maximum Gasteiger partial charge on any atom is 0.247 e. The first kappa shape index (κ1) is 21.7. The van der Waals surface area contributed by atoms with Crippen molar-refractivity contribution in [3.05, 3.63) is 70.3 Å². The fraction of sp³-hybridized carbons (Fsp3) is 0.273. The van der Waals surface area contributed by atoms with E-state index >= 15 is 0 Å². The highest BCUT2D eigenvalue weighted by Gasteiger charge is 2.16. The number of nitrogens with zero attached hydrogens (tertiary/aromatic N) is 1. The SMILES string of the molecule is COCCN(CC(=O)Nc1cccc(C)c1C)C(=O)/C=C/c1cccc(Cl)c1. The molecule has 0 unspecified atom stereocenters. The van der Waals surface area contributed by atoms with E-state index in [1.54, 1.807) is 25.3 Å². The van der Waals surface area contributed by atoms with Gasteiger partial charge in [-0.2, -0.15) is 0 Å². The largest absolute Gasteiger partial charge is 0.383 e. The zero-order valence-electron chi connectivity index (χ0n) is 16.4. The molecule has 2 aromatic rings. The van der Waals surface area contributed by atoms with Crippen LogP contribution in [0.1, 0.15) is 16.7 Å². The number of anilines is 1. The Balaban J connectivity index is 2.06. The topological polar surface area (TPSA) is 58.6 Å². The molecule has 6 heteroatoms. The quantitative estimate of drug-likeness (QED) is 0.679. The van der Waals surface area contributed by atoms with Gasteiger partial charge in [-0.25, -0.2) is 0 Å². The van der Waals surface area contributed by atoms with E-state index in [9.17, 15) is 9.59 Å². The second-order valence-electron chi connectivity index (χ2n) is 6.44. The van der Waals surface area contributed by atoms with Crippen LogP contribution in [0.3, 0.4) is 0 Å². The molecule has 2 aromatic carbocycles. The van der Waals surface area contributed by atoms with Gasteiger partial charge in [0.25, 0.3) is 0 Å². The Kier molecular flexibility index (Phi) is 8.23. The predicted octanol–water partition coefficient (Wildman–Crippen LogP) is 4.08. The van der Waals surface area contributed by atoms with Gasteiger partial charge in [-0.3, -0.25) is 9.59 Å². The summed E-state index contributed by atoms with van der Waals surface area (Å²) in [4.78, 5) is 26.5. The van der Waals surface area contributed by atoms with Crippen LogP contribution < -0.4 is 5.32 Å². The van der Waals surface area contributed by atoms with Gasteiger partial charge in [-0.05, 0) is 54.8 Å². The first-order valence-electron chi connectivity index (χ1n) is 8.98. The van der Waals surface area contributed by atoms with E-state index in [-0.39, 0.29) is 18.4 Å². The Hall–Kier alpha value is -2.63. The molecular weight excluding hydrogens is 376 g/mol. The van der Waals surface area contributed by atoms with Gasteiger partial charge in [0.1, 0.15) is 6.54 Å². The van der Waals surface area contributed by atoms with Crippen molar-refractivity contribution in [1.29, 1.82) is 0 Å². The molecule has 1 N–H and O–H groups in total. The normalized spacial score (nSPS) is 10.9. The monoisotopic (exact) mass is 400 g/mol. The van der Waals surface area contributed by atoms with Gasteiger partial charge in [0.2, 0.25) is 11.8 Å².